The van der Waals surface area contributed by atoms with Crippen LogP contribution in [0.3, 0.4) is 0 Å². The van der Waals surface area contributed by atoms with Gasteiger partial charge in [0.25, 0.3) is 0 Å². The Kier molecular flexibility index (Phi) is 5.46. The first-order chi connectivity index (χ1) is 12.3. The van der Waals surface area contributed by atoms with Crippen molar-refractivity contribution in [1.29, 1.82) is 0 Å². The van der Waals surface area contributed by atoms with Gasteiger partial charge in [-0.05, 0) is 30.2 Å². The largest absolute Gasteiger partial charge is 0.489 e. The van der Waals surface area contributed by atoms with Crippen LogP contribution in [0.15, 0.2) is 60.8 Å². The van der Waals surface area contributed by atoms with Crippen molar-refractivity contribution in [1.82, 2.24) is 10.3 Å². The zero-order valence-electron chi connectivity index (χ0n) is 14.2. The molecule has 0 bridgehead atoms. The van der Waals surface area contributed by atoms with Gasteiger partial charge in [0.15, 0.2) is 0 Å². The smallest absolute Gasteiger partial charge is 0.319 e. The van der Waals surface area contributed by atoms with Gasteiger partial charge in [0.2, 0.25) is 0 Å². The van der Waals surface area contributed by atoms with E-state index in [4.69, 9.17) is 4.74 Å². The second-order valence-corrected chi connectivity index (χ2v) is 5.57. The minimum Gasteiger partial charge on any atom is -0.489 e. The fourth-order valence-corrected chi connectivity index (χ4v) is 2.64. The van der Waals surface area contributed by atoms with Gasteiger partial charge in [-0.3, -0.25) is 4.98 Å². The lowest BCUT2D eigenvalue weighted by atomic mass is 10.1. The molecule has 0 aliphatic rings. The Hall–Kier alpha value is -3.08. The van der Waals surface area contributed by atoms with Gasteiger partial charge in [-0.15, -0.1) is 0 Å². The van der Waals surface area contributed by atoms with Gasteiger partial charge in [0, 0.05) is 17.3 Å². The Bertz CT molecular complexity index is 859. The highest BCUT2D eigenvalue weighted by atomic mass is 16.5. The van der Waals surface area contributed by atoms with Crippen molar-refractivity contribution in [2.75, 3.05) is 18.5 Å². The van der Waals surface area contributed by atoms with Crippen LogP contribution in [0.4, 0.5) is 10.5 Å². The molecular formula is C20H21N3O2. The van der Waals surface area contributed by atoms with E-state index in [2.05, 4.69) is 22.5 Å². The van der Waals surface area contributed by atoms with Gasteiger partial charge >= 0.3 is 6.03 Å². The molecule has 0 aliphatic heterocycles. The average Bonchev–Trinajstić information content (AvgIpc) is 2.66. The molecular weight excluding hydrogens is 314 g/mol. The third-order valence-corrected chi connectivity index (χ3v) is 3.89. The molecule has 5 heteroatoms. The van der Waals surface area contributed by atoms with Crippen molar-refractivity contribution in [3.05, 3.63) is 66.4 Å². The van der Waals surface area contributed by atoms with Crippen molar-refractivity contribution >= 4 is 22.6 Å². The second-order valence-electron chi connectivity index (χ2n) is 5.57. The second kappa shape index (κ2) is 8.15. The van der Waals surface area contributed by atoms with Crippen molar-refractivity contribution in [3.63, 3.8) is 0 Å². The predicted octanol–water partition coefficient (Wildman–Crippen LogP) is 4.00. The van der Waals surface area contributed by atoms with Gasteiger partial charge in [0.1, 0.15) is 17.9 Å². The van der Waals surface area contributed by atoms with E-state index < -0.39 is 0 Å². The molecule has 0 unspecified atom stereocenters. The van der Waals surface area contributed by atoms with Crippen LogP contribution in [0.5, 0.6) is 5.75 Å². The van der Waals surface area contributed by atoms with E-state index in [0.717, 1.165) is 34.3 Å². The highest BCUT2D eigenvalue weighted by Gasteiger charge is 2.06. The lowest BCUT2D eigenvalue weighted by Crippen LogP contribution is -2.32. The van der Waals surface area contributed by atoms with Crippen LogP contribution in [0, 0.1) is 0 Å². The molecule has 0 spiro atoms. The summed E-state index contributed by atoms with van der Waals surface area (Å²) in [5.41, 5.74) is 2.77. The molecule has 0 atom stereocenters. The fraction of sp³-hybridized carbons (Fsp3) is 0.200. The van der Waals surface area contributed by atoms with Crippen molar-refractivity contribution in [2.45, 2.75) is 13.3 Å². The first kappa shape index (κ1) is 16.8. The number of fused-ring (bicyclic) bond motifs is 1. The number of pyridine rings is 1. The first-order valence-corrected chi connectivity index (χ1v) is 8.37. The third-order valence-electron chi connectivity index (χ3n) is 3.89. The summed E-state index contributed by atoms with van der Waals surface area (Å²) in [7, 11) is 0. The molecule has 3 rings (SSSR count). The molecule has 1 heterocycles. The SMILES string of the molecule is CCc1ccccc1NC(=O)NCCOc1cccc2cccnc12. The van der Waals surface area contributed by atoms with E-state index in [9.17, 15) is 4.79 Å². The summed E-state index contributed by atoms with van der Waals surface area (Å²) in [5, 5.41) is 6.71. The van der Waals surface area contributed by atoms with Gasteiger partial charge in [-0.1, -0.05) is 43.3 Å². The van der Waals surface area contributed by atoms with E-state index in [-0.39, 0.29) is 6.03 Å². The van der Waals surface area contributed by atoms with Crippen molar-refractivity contribution in [2.24, 2.45) is 0 Å². The number of hydrogen-bond acceptors (Lipinski definition) is 3. The number of anilines is 1. The number of rotatable bonds is 6. The first-order valence-electron chi connectivity index (χ1n) is 8.37. The third kappa shape index (κ3) is 4.26. The van der Waals surface area contributed by atoms with E-state index in [1.54, 1.807) is 6.20 Å². The molecule has 5 nitrogen and oxygen atoms in total. The number of carbonyl (C=O) groups is 1. The lowest BCUT2D eigenvalue weighted by molar-refractivity contribution is 0.247. The lowest BCUT2D eigenvalue weighted by Gasteiger charge is -2.12. The highest BCUT2D eigenvalue weighted by molar-refractivity contribution is 5.90. The summed E-state index contributed by atoms with van der Waals surface area (Å²) in [6, 6.07) is 17.2. The Labute approximate surface area is 147 Å². The minimum absolute atomic E-state index is 0.236. The van der Waals surface area contributed by atoms with Crippen molar-refractivity contribution < 1.29 is 9.53 Å². The van der Waals surface area contributed by atoms with E-state index in [0.29, 0.717) is 13.2 Å². The van der Waals surface area contributed by atoms with Gasteiger partial charge in [0.05, 0.1) is 6.54 Å². The Balaban J connectivity index is 1.50. The molecule has 3 aromatic rings. The summed E-state index contributed by atoms with van der Waals surface area (Å²) in [4.78, 5) is 16.4. The normalized spacial score (nSPS) is 10.4. The van der Waals surface area contributed by atoms with Gasteiger partial charge < -0.3 is 15.4 Å². The Morgan fingerprint density at radius 2 is 1.92 bits per heavy atom. The summed E-state index contributed by atoms with van der Waals surface area (Å²) in [6.07, 6.45) is 2.61. The van der Waals surface area contributed by atoms with Crippen LogP contribution < -0.4 is 15.4 Å². The van der Waals surface area contributed by atoms with Crippen LogP contribution in [0.1, 0.15) is 12.5 Å². The average molecular weight is 335 g/mol. The molecule has 0 saturated heterocycles. The fourth-order valence-electron chi connectivity index (χ4n) is 2.64. The van der Waals surface area contributed by atoms with Crippen LogP contribution in [-0.4, -0.2) is 24.2 Å². The van der Waals surface area contributed by atoms with E-state index in [1.165, 1.54) is 0 Å². The number of nitrogens with zero attached hydrogens (tertiary/aromatic N) is 1. The standard InChI is InChI=1S/C20H21N3O2/c1-2-15-7-3-4-10-17(15)23-20(24)22-13-14-25-18-11-5-8-16-9-6-12-21-19(16)18/h3-12H,2,13-14H2,1H3,(H2,22,23,24). The Morgan fingerprint density at radius 3 is 2.80 bits per heavy atom. The van der Waals surface area contributed by atoms with Gasteiger partial charge in [-0.25, -0.2) is 4.79 Å². The van der Waals surface area contributed by atoms with Crippen LogP contribution >= 0.6 is 0 Å². The summed E-state index contributed by atoms with van der Waals surface area (Å²) >= 11 is 0. The number of hydrogen-bond donors (Lipinski definition) is 2. The molecule has 0 aliphatic carbocycles. The maximum atomic E-state index is 12.0. The number of benzene rings is 2. The van der Waals surface area contributed by atoms with Crippen LogP contribution in [0.25, 0.3) is 10.9 Å². The quantitative estimate of drug-likeness (QED) is 0.669. The predicted molar refractivity (Wildman–Crippen MR) is 100 cm³/mol. The molecule has 2 N–H and O–H groups in total. The van der Waals surface area contributed by atoms with Crippen molar-refractivity contribution in [3.8, 4) is 5.75 Å². The molecule has 0 fully saturated rings. The van der Waals surface area contributed by atoms with Crippen LogP contribution in [-0.2, 0) is 6.42 Å². The topological polar surface area (TPSA) is 63.2 Å². The maximum absolute atomic E-state index is 12.0. The number of urea groups is 1. The van der Waals surface area contributed by atoms with Crippen LogP contribution in [0.2, 0.25) is 0 Å². The highest BCUT2D eigenvalue weighted by Crippen LogP contribution is 2.22. The molecule has 1 aromatic heterocycles. The molecule has 0 saturated carbocycles. The number of carbonyl (C=O) groups excluding carboxylic acids is 1. The molecule has 2 aromatic carbocycles. The van der Waals surface area contributed by atoms with E-state index >= 15 is 0 Å². The number of para-hydroxylation sites is 2. The molecule has 2 amide bonds. The summed E-state index contributed by atoms with van der Waals surface area (Å²) < 4.78 is 5.76. The molecule has 0 radical (unpaired) electrons. The van der Waals surface area contributed by atoms with E-state index in [1.807, 2.05) is 54.6 Å². The number of aryl methyl sites for hydroxylation is 1. The Morgan fingerprint density at radius 1 is 1.08 bits per heavy atom. The zero-order valence-corrected chi connectivity index (χ0v) is 14.2. The monoisotopic (exact) mass is 335 g/mol. The number of amides is 2. The maximum Gasteiger partial charge on any atom is 0.319 e. The number of ether oxygens (including phenoxy) is 1. The summed E-state index contributed by atoms with van der Waals surface area (Å²) in [6.45, 7) is 2.84. The zero-order chi connectivity index (χ0) is 17.5. The summed E-state index contributed by atoms with van der Waals surface area (Å²) in [5.74, 6) is 0.719. The molecule has 25 heavy (non-hydrogen) atoms. The number of nitrogens with one attached hydrogen (secondary N) is 2. The number of aromatic nitrogens is 1. The molecule has 128 valence electrons. The van der Waals surface area contributed by atoms with Gasteiger partial charge in [-0.2, -0.15) is 0 Å². The minimum atomic E-state index is -0.236.